The van der Waals surface area contributed by atoms with E-state index < -0.39 is 95.2 Å². The second-order valence-electron chi connectivity index (χ2n) is 9.26. The van der Waals surface area contributed by atoms with Gasteiger partial charge in [-0.05, 0) is 0 Å². The van der Waals surface area contributed by atoms with Crippen LogP contribution in [-0.2, 0) is 28.6 Å². The molecule has 41 heavy (non-hydrogen) atoms. The maximum absolute atomic E-state index is 16.1. The number of carbonyl (C=O) groups excluding carboxylic acids is 3. The monoisotopic (exact) mass is 622 g/mol. The van der Waals surface area contributed by atoms with Crippen molar-refractivity contribution in [3.63, 3.8) is 0 Å². The average Bonchev–Trinajstić information content (AvgIpc) is 2.84. The van der Waals surface area contributed by atoms with Crippen molar-refractivity contribution in [1.29, 1.82) is 0 Å². The van der Waals surface area contributed by atoms with Crippen LogP contribution in [0.3, 0.4) is 0 Å². The van der Waals surface area contributed by atoms with Gasteiger partial charge in [-0.2, -0.15) is 0 Å². The molecule has 0 atom stereocenters. The van der Waals surface area contributed by atoms with E-state index in [0.717, 1.165) is 0 Å². The largest absolute Gasteiger partial charge is 0.461 e. The SMILES string of the molecule is C=CC(=O)OCC12C(F)(F)C3(F)C(F)(F)C(COC(=O)C=C)(C1(F)F)C(F)(F)C(COC(=O)C=C)(C3(F)F)C2(F)F. The summed E-state index contributed by atoms with van der Waals surface area (Å²) in [6.45, 7) is -2.09. The third kappa shape index (κ3) is 2.67. The Bertz CT molecular complexity index is 1060. The summed E-state index contributed by atoms with van der Waals surface area (Å²) in [6, 6.07) is 0. The van der Waals surface area contributed by atoms with Crippen molar-refractivity contribution < 1.29 is 85.7 Å². The molecule has 0 spiro atoms. The molecule has 4 bridgehead atoms. The lowest BCUT2D eigenvalue weighted by Gasteiger charge is -2.78. The highest BCUT2D eigenvalue weighted by Gasteiger charge is 3.20. The number of hydrogen-bond acceptors (Lipinski definition) is 6. The lowest BCUT2D eigenvalue weighted by Crippen LogP contribution is -3.06. The van der Waals surface area contributed by atoms with Crippen molar-refractivity contribution in [1.82, 2.24) is 0 Å². The minimum atomic E-state index is -7.43. The van der Waals surface area contributed by atoms with E-state index in [-0.39, 0.29) is 18.2 Å². The Labute approximate surface area is 219 Å². The maximum atomic E-state index is 16.1. The van der Waals surface area contributed by atoms with Crippen LogP contribution in [0.4, 0.5) is 57.1 Å². The molecule has 6 nitrogen and oxygen atoms in total. The zero-order valence-corrected chi connectivity index (χ0v) is 19.8. The van der Waals surface area contributed by atoms with Gasteiger partial charge >= 0.3 is 41.3 Å². The molecule has 4 rings (SSSR count). The minimum absolute atomic E-state index is 0.0682. The van der Waals surface area contributed by atoms with Gasteiger partial charge in [-0.15, -0.1) is 0 Å². The molecule has 0 radical (unpaired) electrons. The van der Waals surface area contributed by atoms with Gasteiger partial charge in [0.2, 0.25) is 16.2 Å². The fraction of sp³-hybridized carbons (Fsp3) is 0.591. The molecule has 19 heteroatoms. The van der Waals surface area contributed by atoms with Crippen molar-refractivity contribution in [2.24, 2.45) is 16.2 Å². The fourth-order valence-electron chi connectivity index (χ4n) is 5.87. The van der Waals surface area contributed by atoms with Crippen molar-refractivity contribution in [2.75, 3.05) is 19.8 Å². The highest BCUT2D eigenvalue weighted by molar-refractivity contribution is 5.82. The highest BCUT2D eigenvalue weighted by atomic mass is 19.3. The zero-order valence-electron chi connectivity index (χ0n) is 19.8. The Morgan fingerprint density at radius 3 is 0.805 bits per heavy atom. The molecule has 4 aliphatic carbocycles. The summed E-state index contributed by atoms with van der Waals surface area (Å²) < 4.78 is 217. The molecule has 0 saturated heterocycles. The Morgan fingerprint density at radius 2 is 0.634 bits per heavy atom. The number of hydrogen-bond donors (Lipinski definition) is 0. The first-order valence-electron chi connectivity index (χ1n) is 10.7. The van der Waals surface area contributed by atoms with Gasteiger partial charge in [-0.25, -0.2) is 71.5 Å². The van der Waals surface area contributed by atoms with Crippen LogP contribution in [0.25, 0.3) is 0 Å². The van der Waals surface area contributed by atoms with Crippen LogP contribution in [0.1, 0.15) is 0 Å². The smallest absolute Gasteiger partial charge is 0.330 e. The van der Waals surface area contributed by atoms with Crippen molar-refractivity contribution >= 4 is 17.9 Å². The molecule has 0 aromatic heterocycles. The second kappa shape index (κ2) is 8.39. The molecule has 4 saturated carbocycles. The van der Waals surface area contributed by atoms with Gasteiger partial charge in [-0.1, -0.05) is 19.7 Å². The van der Waals surface area contributed by atoms with Crippen LogP contribution < -0.4 is 0 Å². The number of ether oxygens (including phenoxy) is 3. The Morgan fingerprint density at radius 1 is 0.439 bits per heavy atom. The summed E-state index contributed by atoms with van der Waals surface area (Å²) in [5, 5.41) is 0. The molecule has 0 aromatic carbocycles. The van der Waals surface area contributed by atoms with E-state index in [2.05, 4.69) is 33.9 Å². The Kier molecular flexibility index (Phi) is 6.60. The predicted molar refractivity (Wildman–Crippen MR) is 104 cm³/mol. The lowest BCUT2D eigenvalue weighted by atomic mass is 9.30. The molecule has 4 fully saturated rings. The number of carbonyl (C=O) groups is 3. The fourth-order valence-corrected chi connectivity index (χ4v) is 5.87. The summed E-state index contributed by atoms with van der Waals surface area (Å²) >= 11 is 0. The van der Waals surface area contributed by atoms with E-state index in [0.29, 0.717) is 0 Å². The molecule has 0 amide bonds. The van der Waals surface area contributed by atoms with Crippen LogP contribution in [-0.4, -0.2) is 78.9 Å². The van der Waals surface area contributed by atoms with E-state index in [9.17, 15) is 14.4 Å². The molecular weight excluding hydrogens is 607 g/mol. The summed E-state index contributed by atoms with van der Waals surface area (Å²) in [4.78, 5) is 34.5. The Balaban J connectivity index is 2.67. The minimum Gasteiger partial charge on any atom is -0.461 e. The number of esters is 3. The highest BCUT2D eigenvalue weighted by Crippen LogP contribution is 2.93. The van der Waals surface area contributed by atoms with E-state index >= 15 is 57.1 Å². The second-order valence-corrected chi connectivity index (χ2v) is 9.26. The van der Waals surface area contributed by atoms with E-state index in [4.69, 9.17) is 0 Å². The Hall–Kier alpha value is -3.28. The molecule has 0 aliphatic heterocycles. The van der Waals surface area contributed by atoms with Gasteiger partial charge in [0.1, 0.15) is 19.8 Å². The quantitative estimate of drug-likeness (QED) is 0.161. The standard InChI is InChI=1S/C22H15F13O6/c1-4-10(36)39-7-13-17(24,25)14(8-40-11(37)5-2)19(28,29)15(18(13,26)27,9-41-12(38)6-3)22(34,35)16(23,20(13,30)31)21(14,32)33/h4-6H,1-3,7-9H2. The van der Waals surface area contributed by atoms with Crippen LogP contribution in [0.15, 0.2) is 38.0 Å². The van der Waals surface area contributed by atoms with Crippen LogP contribution in [0.5, 0.6) is 0 Å². The summed E-state index contributed by atoms with van der Waals surface area (Å²) in [6.07, 6.45) is -0.205. The third-order valence-corrected chi connectivity index (χ3v) is 7.91. The molecule has 0 heterocycles. The first-order chi connectivity index (χ1) is 18.4. The molecule has 4 aliphatic rings. The maximum Gasteiger partial charge on any atom is 0.330 e. The van der Waals surface area contributed by atoms with Crippen molar-refractivity contribution in [3.05, 3.63) is 38.0 Å². The van der Waals surface area contributed by atoms with Crippen molar-refractivity contribution in [2.45, 2.75) is 41.2 Å². The van der Waals surface area contributed by atoms with E-state index in [1.807, 2.05) is 0 Å². The number of alkyl halides is 13. The summed E-state index contributed by atoms with van der Waals surface area (Å²) in [7, 11) is 0. The molecule has 0 aromatic rings. The van der Waals surface area contributed by atoms with Gasteiger partial charge in [-0.3, -0.25) is 0 Å². The number of rotatable bonds is 9. The van der Waals surface area contributed by atoms with Gasteiger partial charge < -0.3 is 14.2 Å². The summed E-state index contributed by atoms with van der Waals surface area (Å²) in [5.74, 6) is -50.3. The lowest BCUT2D eigenvalue weighted by molar-refractivity contribution is -0.626. The normalized spacial score (nSPS) is 37.4. The molecule has 0 unspecified atom stereocenters. The van der Waals surface area contributed by atoms with Crippen LogP contribution in [0.2, 0.25) is 0 Å². The van der Waals surface area contributed by atoms with Crippen molar-refractivity contribution in [3.8, 4) is 0 Å². The predicted octanol–water partition coefficient (Wildman–Crippen LogP) is 4.69. The first-order valence-corrected chi connectivity index (χ1v) is 10.7. The topological polar surface area (TPSA) is 78.9 Å². The van der Waals surface area contributed by atoms with Crippen LogP contribution >= 0.6 is 0 Å². The third-order valence-electron chi connectivity index (χ3n) is 7.91. The van der Waals surface area contributed by atoms with Gasteiger partial charge in [0.15, 0.2) is 0 Å². The molecular formula is C22H15F13O6. The van der Waals surface area contributed by atoms with Gasteiger partial charge in [0, 0.05) is 18.2 Å². The zero-order chi connectivity index (χ0) is 32.1. The van der Waals surface area contributed by atoms with Gasteiger partial charge in [0.25, 0.3) is 17.8 Å². The summed E-state index contributed by atoms with van der Waals surface area (Å²) in [5.41, 5.74) is -26.9. The molecule has 0 N–H and O–H groups in total. The van der Waals surface area contributed by atoms with E-state index in [1.165, 1.54) is 0 Å². The number of halogens is 13. The van der Waals surface area contributed by atoms with Gasteiger partial charge in [0.05, 0.1) is 0 Å². The first kappa shape index (κ1) is 32.2. The van der Waals surface area contributed by atoms with Crippen LogP contribution in [0, 0.1) is 16.2 Å². The van der Waals surface area contributed by atoms with E-state index in [1.54, 1.807) is 0 Å². The molecule has 230 valence electrons. The average molecular weight is 622 g/mol.